The van der Waals surface area contributed by atoms with E-state index >= 15 is 0 Å². The lowest BCUT2D eigenvalue weighted by molar-refractivity contribution is -0.120. The van der Waals surface area contributed by atoms with Crippen LogP contribution in [0.5, 0.6) is 0 Å². The monoisotopic (exact) mass is 455 g/mol. The molecule has 1 aliphatic heterocycles. The molecule has 4 rings (SSSR count). The van der Waals surface area contributed by atoms with Gasteiger partial charge in [-0.1, -0.05) is 42.8 Å². The molecule has 1 aliphatic rings. The van der Waals surface area contributed by atoms with Crippen LogP contribution in [0.1, 0.15) is 18.2 Å². The van der Waals surface area contributed by atoms with Gasteiger partial charge >= 0.3 is 0 Å². The number of halogens is 1. The summed E-state index contributed by atoms with van der Waals surface area (Å²) in [5.74, 6) is 0.941. The van der Waals surface area contributed by atoms with Crippen LogP contribution in [0.15, 0.2) is 48.0 Å². The van der Waals surface area contributed by atoms with Gasteiger partial charge in [0, 0.05) is 49.9 Å². The van der Waals surface area contributed by atoms with Gasteiger partial charge in [-0.15, -0.1) is 11.3 Å². The van der Waals surface area contributed by atoms with E-state index in [1.807, 2.05) is 48.0 Å². The molecule has 1 saturated heterocycles. The van der Waals surface area contributed by atoms with Gasteiger partial charge in [0.15, 0.2) is 0 Å². The van der Waals surface area contributed by atoms with Crippen LogP contribution in [0, 0.1) is 0 Å². The number of amides is 1. The van der Waals surface area contributed by atoms with Crippen molar-refractivity contribution >= 4 is 34.7 Å². The molecule has 6 nitrogen and oxygen atoms in total. The molecule has 8 heteroatoms. The number of piperazine rings is 1. The van der Waals surface area contributed by atoms with E-state index in [2.05, 4.69) is 32.0 Å². The van der Waals surface area contributed by atoms with Crippen molar-refractivity contribution in [2.24, 2.45) is 0 Å². The standard InChI is InChI=1S/C23H26ClN5OS/c1-2-28-9-11-29(12-10-28)21-8-7-17(14-25-21)15-26-22(30)13-18-16-31-23(27-18)19-5-3-4-6-20(19)24/h3-8,14,16H,2,9-13,15H2,1H3,(H,26,30). The molecule has 0 radical (unpaired) electrons. The van der Waals surface area contributed by atoms with Crippen LogP contribution in [0.3, 0.4) is 0 Å². The van der Waals surface area contributed by atoms with Crippen molar-refractivity contribution in [3.8, 4) is 10.6 Å². The number of benzene rings is 1. The first-order valence-electron chi connectivity index (χ1n) is 10.5. The number of nitrogens with one attached hydrogen (secondary N) is 1. The average Bonchev–Trinajstić information content (AvgIpc) is 3.26. The molecule has 162 valence electrons. The van der Waals surface area contributed by atoms with Gasteiger partial charge in [-0.2, -0.15) is 0 Å². The van der Waals surface area contributed by atoms with Gasteiger partial charge in [-0.3, -0.25) is 4.79 Å². The summed E-state index contributed by atoms with van der Waals surface area (Å²) in [6, 6.07) is 11.7. The lowest BCUT2D eigenvalue weighted by Crippen LogP contribution is -2.46. The Kier molecular flexibility index (Phi) is 7.17. The van der Waals surface area contributed by atoms with Crippen LogP contribution in [0.25, 0.3) is 10.6 Å². The van der Waals surface area contributed by atoms with E-state index in [4.69, 9.17) is 11.6 Å². The Labute approximate surface area is 191 Å². The summed E-state index contributed by atoms with van der Waals surface area (Å²) in [6.07, 6.45) is 2.09. The Morgan fingerprint density at radius 3 is 2.68 bits per heavy atom. The van der Waals surface area contributed by atoms with E-state index in [0.29, 0.717) is 11.6 Å². The zero-order valence-corrected chi connectivity index (χ0v) is 19.1. The summed E-state index contributed by atoms with van der Waals surface area (Å²) >= 11 is 7.74. The third-order valence-electron chi connectivity index (χ3n) is 5.44. The molecule has 0 unspecified atom stereocenters. The number of pyridine rings is 1. The Bertz CT molecular complexity index is 1010. The number of aromatic nitrogens is 2. The fraction of sp³-hybridized carbons (Fsp3) is 0.348. The number of rotatable bonds is 7. The van der Waals surface area contributed by atoms with Gasteiger partial charge < -0.3 is 15.1 Å². The van der Waals surface area contributed by atoms with Crippen molar-refractivity contribution in [2.75, 3.05) is 37.6 Å². The van der Waals surface area contributed by atoms with E-state index < -0.39 is 0 Å². The van der Waals surface area contributed by atoms with Gasteiger partial charge in [0.05, 0.1) is 17.1 Å². The Balaban J connectivity index is 1.27. The van der Waals surface area contributed by atoms with Crippen molar-refractivity contribution < 1.29 is 4.79 Å². The van der Waals surface area contributed by atoms with Gasteiger partial charge in [-0.25, -0.2) is 9.97 Å². The number of hydrogen-bond donors (Lipinski definition) is 1. The van der Waals surface area contributed by atoms with E-state index in [9.17, 15) is 4.79 Å². The highest BCUT2D eigenvalue weighted by molar-refractivity contribution is 7.13. The number of likely N-dealkylation sites (N-methyl/N-ethyl adjacent to an activating group) is 1. The molecule has 2 aromatic heterocycles. The van der Waals surface area contributed by atoms with Crippen LogP contribution in [-0.2, 0) is 17.8 Å². The predicted molar refractivity (Wildman–Crippen MR) is 127 cm³/mol. The number of thiazole rings is 1. The van der Waals surface area contributed by atoms with Crippen molar-refractivity contribution in [1.29, 1.82) is 0 Å². The van der Waals surface area contributed by atoms with Gasteiger partial charge in [-0.05, 0) is 24.2 Å². The summed E-state index contributed by atoms with van der Waals surface area (Å²) in [5.41, 5.74) is 2.62. The molecule has 0 spiro atoms. The topological polar surface area (TPSA) is 61.4 Å². The fourth-order valence-electron chi connectivity index (χ4n) is 3.58. The maximum Gasteiger partial charge on any atom is 0.226 e. The molecule has 1 fully saturated rings. The number of carbonyl (C=O) groups excluding carboxylic acids is 1. The predicted octanol–water partition coefficient (Wildman–Crippen LogP) is 3.86. The van der Waals surface area contributed by atoms with Crippen LogP contribution in [0.2, 0.25) is 5.02 Å². The first-order valence-corrected chi connectivity index (χ1v) is 11.8. The zero-order chi connectivity index (χ0) is 21.6. The molecule has 3 aromatic rings. The fourth-order valence-corrected chi connectivity index (χ4v) is 4.72. The molecule has 0 saturated carbocycles. The minimum atomic E-state index is -0.0595. The first kappa shape index (κ1) is 21.7. The van der Waals surface area contributed by atoms with Gasteiger partial charge in [0.25, 0.3) is 0 Å². The van der Waals surface area contributed by atoms with E-state index in [1.54, 1.807) is 0 Å². The maximum atomic E-state index is 12.4. The summed E-state index contributed by atoms with van der Waals surface area (Å²) in [7, 11) is 0. The van der Waals surface area contributed by atoms with E-state index in [0.717, 1.165) is 60.4 Å². The van der Waals surface area contributed by atoms with E-state index in [1.165, 1.54) is 11.3 Å². The third-order valence-corrected chi connectivity index (χ3v) is 6.69. The van der Waals surface area contributed by atoms with Crippen molar-refractivity contribution in [3.63, 3.8) is 0 Å². The number of hydrogen-bond acceptors (Lipinski definition) is 6. The maximum absolute atomic E-state index is 12.4. The third kappa shape index (κ3) is 5.61. The molecule has 3 heterocycles. The quantitative estimate of drug-likeness (QED) is 0.586. The molecule has 0 bridgehead atoms. The summed E-state index contributed by atoms with van der Waals surface area (Å²) < 4.78 is 0. The number of nitrogens with zero attached hydrogens (tertiary/aromatic N) is 4. The minimum absolute atomic E-state index is 0.0595. The van der Waals surface area contributed by atoms with Crippen LogP contribution < -0.4 is 10.2 Å². The largest absolute Gasteiger partial charge is 0.354 e. The van der Waals surface area contributed by atoms with Crippen LogP contribution in [-0.4, -0.2) is 53.5 Å². The summed E-state index contributed by atoms with van der Waals surface area (Å²) in [4.78, 5) is 26.3. The second-order valence-electron chi connectivity index (χ2n) is 7.52. The normalized spacial score (nSPS) is 14.6. The highest BCUT2D eigenvalue weighted by atomic mass is 35.5. The van der Waals surface area contributed by atoms with Crippen molar-refractivity contribution in [3.05, 3.63) is 64.3 Å². The summed E-state index contributed by atoms with van der Waals surface area (Å²) in [6.45, 7) is 7.90. The van der Waals surface area contributed by atoms with Crippen molar-refractivity contribution in [2.45, 2.75) is 19.9 Å². The first-order chi connectivity index (χ1) is 15.1. The number of anilines is 1. The molecule has 31 heavy (non-hydrogen) atoms. The lowest BCUT2D eigenvalue weighted by atomic mass is 10.2. The average molecular weight is 456 g/mol. The van der Waals surface area contributed by atoms with E-state index in [-0.39, 0.29) is 12.3 Å². The van der Waals surface area contributed by atoms with Crippen LogP contribution >= 0.6 is 22.9 Å². The van der Waals surface area contributed by atoms with Gasteiger partial charge in [0.2, 0.25) is 5.91 Å². The molecule has 1 N–H and O–H groups in total. The minimum Gasteiger partial charge on any atom is -0.354 e. The second-order valence-corrected chi connectivity index (χ2v) is 8.79. The number of carbonyl (C=O) groups is 1. The second kappa shape index (κ2) is 10.2. The molecular formula is C23H26ClN5OS. The molecule has 0 aliphatic carbocycles. The van der Waals surface area contributed by atoms with Crippen LogP contribution in [0.4, 0.5) is 5.82 Å². The molecule has 0 atom stereocenters. The van der Waals surface area contributed by atoms with Crippen molar-refractivity contribution in [1.82, 2.24) is 20.2 Å². The molecule has 1 aromatic carbocycles. The van der Waals surface area contributed by atoms with Gasteiger partial charge in [0.1, 0.15) is 10.8 Å². The smallest absolute Gasteiger partial charge is 0.226 e. The summed E-state index contributed by atoms with van der Waals surface area (Å²) in [5, 5.41) is 6.36. The Morgan fingerprint density at radius 2 is 1.97 bits per heavy atom. The highest BCUT2D eigenvalue weighted by Gasteiger charge is 2.16. The SMILES string of the molecule is CCN1CCN(c2ccc(CNC(=O)Cc3csc(-c4ccccc4Cl)n3)cn2)CC1. The highest BCUT2D eigenvalue weighted by Crippen LogP contribution is 2.30. The lowest BCUT2D eigenvalue weighted by Gasteiger charge is -2.34. The zero-order valence-electron chi connectivity index (χ0n) is 17.6. The molecular weight excluding hydrogens is 430 g/mol. The molecule has 1 amide bonds. The Hall–Kier alpha value is -2.48. The Morgan fingerprint density at radius 1 is 1.16 bits per heavy atom.